The first kappa shape index (κ1) is 19.8. The van der Waals surface area contributed by atoms with Crippen molar-refractivity contribution < 1.29 is 9.47 Å². The van der Waals surface area contributed by atoms with Crippen LogP contribution < -0.4 is 10.1 Å². The Morgan fingerprint density at radius 1 is 1.28 bits per heavy atom. The number of rotatable bonds is 5. The van der Waals surface area contributed by atoms with Gasteiger partial charge in [0, 0.05) is 31.0 Å². The highest BCUT2D eigenvalue weighted by Gasteiger charge is 2.22. The SMILES string of the molecule is CC[C@@H]1CNC[C@@H](COc2nc(-c3cnn(C(C)(C)C)c3)cc3ncccc23)O1. The predicted molar refractivity (Wildman–Crippen MR) is 113 cm³/mol. The molecule has 0 aromatic carbocycles. The molecule has 4 rings (SSSR count). The van der Waals surface area contributed by atoms with Gasteiger partial charge >= 0.3 is 0 Å². The Kier molecular flexibility index (Phi) is 5.52. The van der Waals surface area contributed by atoms with E-state index in [4.69, 9.17) is 14.5 Å². The Labute approximate surface area is 171 Å². The van der Waals surface area contributed by atoms with Gasteiger partial charge in [-0.05, 0) is 45.4 Å². The number of hydrogen-bond acceptors (Lipinski definition) is 6. The van der Waals surface area contributed by atoms with Gasteiger partial charge in [-0.25, -0.2) is 4.98 Å². The summed E-state index contributed by atoms with van der Waals surface area (Å²) in [5, 5.41) is 8.81. The number of nitrogens with one attached hydrogen (secondary N) is 1. The van der Waals surface area contributed by atoms with E-state index in [0.29, 0.717) is 12.5 Å². The van der Waals surface area contributed by atoms with Crippen molar-refractivity contribution in [3.63, 3.8) is 0 Å². The molecule has 1 aliphatic heterocycles. The summed E-state index contributed by atoms with van der Waals surface area (Å²) in [5.74, 6) is 0.580. The zero-order valence-corrected chi connectivity index (χ0v) is 17.6. The molecule has 1 aliphatic rings. The van der Waals surface area contributed by atoms with Crippen LogP contribution in [0.5, 0.6) is 5.88 Å². The minimum absolute atomic E-state index is 0.00881. The van der Waals surface area contributed by atoms with Crippen molar-refractivity contribution in [3.8, 4) is 17.1 Å². The molecular weight excluding hydrogens is 366 g/mol. The molecule has 7 nitrogen and oxygen atoms in total. The van der Waals surface area contributed by atoms with Gasteiger partial charge in [0.25, 0.3) is 0 Å². The van der Waals surface area contributed by atoms with Gasteiger partial charge < -0.3 is 14.8 Å². The fraction of sp³-hybridized carbons (Fsp3) is 0.500. The second-order valence-corrected chi connectivity index (χ2v) is 8.48. The van der Waals surface area contributed by atoms with Crippen molar-refractivity contribution in [1.82, 2.24) is 25.1 Å². The van der Waals surface area contributed by atoms with E-state index >= 15 is 0 Å². The largest absolute Gasteiger partial charge is 0.474 e. The third-order valence-corrected chi connectivity index (χ3v) is 5.12. The second-order valence-electron chi connectivity index (χ2n) is 8.48. The molecule has 29 heavy (non-hydrogen) atoms. The molecule has 1 saturated heterocycles. The van der Waals surface area contributed by atoms with Crippen molar-refractivity contribution in [3.05, 3.63) is 36.8 Å². The second kappa shape index (κ2) is 8.08. The topological polar surface area (TPSA) is 74.1 Å². The van der Waals surface area contributed by atoms with Crippen molar-refractivity contribution in [2.24, 2.45) is 0 Å². The quantitative estimate of drug-likeness (QED) is 0.714. The number of aromatic nitrogens is 4. The maximum atomic E-state index is 6.14. The number of nitrogens with zero attached hydrogens (tertiary/aromatic N) is 4. The highest BCUT2D eigenvalue weighted by molar-refractivity contribution is 5.86. The molecule has 1 fully saturated rings. The summed E-state index contributed by atoms with van der Waals surface area (Å²) in [6.45, 7) is 10.6. The van der Waals surface area contributed by atoms with Crippen LogP contribution >= 0.6 is 0 Å². The monoisotopic (exact) mass is 395 g/mol. The lowest BCUT2D eigenvalue weighted by atomic mass is 10.1. The summed E-state index contributed by atoms with van der Waals surface area (Å²) in [6.07, 6.45) is 6.87. The van der Waals surface area contributed by atoms with Gasteiger partial charge in [0.05, 0.1) is 34.4 Å². The number of hydrogen-bond donors (Lipinski definition) is 1. The van der Waals surface area contributed by atoms with E-state index < -0.39 is 0 Å². The minimum atomic E-state index is -0.0895. The Balaban J connectivity index is 1.62. The van der Waals surface area contributed by atoms with E-state index in [1.807, 2.05) is 35.3 Å². The van der Waals surface area contributed by atoms with E-state index in [2.05, 4.69) is 43.1 Å². The summed E-state index contributed by atoms with van der Waals surface area (Å²) >= 11 is 0. The van der Waals surface area contributed by atoms with Crippen LogP contribution in [0.2, 0.25) is 0 Å². The van der Waals surface area contributed by atoms with E-state index in [9.17, 15) is 0 Å². The van der Waals surface area contributed by atoms with E-state index in [1.54, 1.807) is 6.20 Å². The molecule has 1 N–H and O–H groups in total. The van der Waals surface area contributed by atoms with Gasteiger partial charge in [-0.15, -0.1) is 0 Å². The number of morpholine rings is 1. The highest BCUT2D eigenvalue weighted by atomic mass is 16.5. The molecule has 0 saturated carbocycles. The molecule has 0 bridgehead atoms. The Bertz CT molecular complexity index is 979. The third kappa shape index (κ3) is 4.41. The third-order valence-electron chi connectivity index (χ3n) is 5.12. The van der Waals surface area contributed by atoms with Crippen molar-refractivity contribution in [2.75, 3.05) is 19.7 Å². The summed E-state index contributed by atoms with van der Waals surface area (Å²) in [6, 6.07) is 5.87. The van der Waals surface area contributed by atoms with Crippen molar-refractivity contribution in [2.45, 2.75) is 51.9 Å². The maximum absolute atomic E-state index is 6.14. The zero-order chi connectivity index (χ0) is 20.4. The fourth-order valence-corrected chi connectivity index (χ4v) is 3.41. The molecular formula is C22H29N5O2. The molecule has 4 heterocycles. The first-order chi connectivity index (χ1) is 13.9. The van der Waals surface area contributed by atoms with Crippen LogP contribution in [0.3, 0.4) is 0 Å². The van der Waals surface area contributed by atoms with Crippen LogP contribution in [0.15, 0.2) is 36.8 Å². The number of pyridine rings is 2. The summed E-state index contributed by atoms with van der Waals surface area (Å²) in [5.41, 5.74) is 2.51. The van der Waals surface area contributed by atoms with Crippen LogP contribution in [0.4, 0.5) is 0 Å². The van der Waals surface area contributed by atoms with Crippen LogP contribution in [0.1, 0.15) is 34.1 Å². The molecule has 154 valence electrons. The van der Waals surface area contributed by atoms with Crippen LogP contribution in [-0.2, 0) is 10.3 Å². The van der Waals surface area contributed by atoms with Gasteiger partial charge in [0.15, 0.2) is 0 Å². The molecule has 3 aromatic heterocycles. The van der Waals surface area contributed by atoms with Crippen LogP contribution in [-0.4, -0.2) is 51.7 Å². The van der Waals surface area contributed by atoms with Crippen molar-refractivity contribution in [1.29, 1.82) is 0 Å². The number of ether oxygens (including phenoxy) is 2. The van der Waals surface area contributed by atoms with E-state index in [0.717, 1.165) is 41.7 Å². The summed E-state index contributed by atoms with van der Waals surface area (Å²) in [4.78, 5) is 9.31. The molecule has 0 radical (unpaired) electrons. The van der Waals surface area contributed by atoms with Gasteiger partial charge in [-0.1, -0.05) is 6.92 Å². The standard InChI is InChI=1S/C22H29N5O2/c1-5-16-11-23-12-17(29-16)14-28-21-18-7-6-8-24-20(18)9-19(26-21)15-10-25-27(13-15)22(2,3)4/h6-10,13,16-17,23H,5,11-12,14H2,1-4H3/t16-,17+/m1/s1. The lowest BCUT2D eigenvalue weighted by Gasteiger charge is -2.30. The maximum Gasteiger partial charge on any atom is 0.223 e. The Hall–Kier alpha value is -2.51. The fourth-order valence-electron chi connectivity index (χ4n) is 3.41. The molecule has 2 atom stereocenters. The normalized spacial score (nSPS) is 20.1. The molecule has 0 amide bonds. The predicted octanol–water partition coefficient (Wildman–Crippen LogP) is 3.39. The first-order valence-electron chi connectivity index (χ1n) is 10.2. The average molecular weight is 396 g/mol. The minimum Gasteiger partial charge on any atom is -0.474 e. The lowest BCUT2D eigenvalue weighted by molar-refractivity contribution is -0.0569. The Morgan fingerprint density at radius 3 is 2.86 bits per heavy atom. The van der Waals surface area contributed by atoms with Gasteiger partial charge in [0.2, 0.25) is 5.88 Å². The molecule has 0 unspecified atom stereocenters. The van der Waals surface area contributed by atoms with E-state index in [1.165, 1.54) is 0 Å². The van der Waals surface area contributed by atoms with E-state index in [-0.39, 0.29) is 17.7 Å². The van der Waals surface area contributed by atoms with Gasteiger partial charge in [-0.3, -0.25) is 9.67 Å². The number of fused-ring (bicyclic) bond motifs is 1. The first-order valence-corrected chi connectivity index (χ1v) is 10.2. The van der Waals surface area contributed by atoms with Gasteiger partial charge in [-0.2, -0.15) is 5.10 Å². The summed E-state index contributed by atoms with van der Waals surface area (Å²) < 4.78 is 14.2. The molecule has 3 aromatic rings. The van der Waals surface area contributed by atoms with Gasteiger partial charge in [0.1, 0.15) is 12.7 Å². The molecule has 0 spiro atoms. The Morgan fingerprint density at radius 2 is 2.10 bits per heavy atom. The highest BCUT2D eigenvalue weighted by Crippen LogP contribution is 2.29. The summed E-state index contributed by atoms with van der Waals surface area (Å²) in [7, 11) is 0. The average Bonchev–Trinajstić information content (AvgIpc) is 3.23. The van der Waals surface area contributed by atoms with Crippen LogP contribution in [0.25, 0.3) is 22.2 Å². The van der Waals surface area contributed by atoms with Crippen LogP contribution in [0, 0.1) is 0 Å². The lowest BCUT2D eigenvalue weighted by Crippen LogP contribution is -2.46. The van der Waals surface area contributed by atoms with Crippen molar-refractivity contribution >= 4 is 10.9 Å². The zero-order valence-electron chi connectivity index (χ0n) is 17.6. The smallest absolute Gasteiger partial charge is 0.223 e. The molecule has 0 aliphatic carbocycles. The molecule has 7 heteroatoms.